The lowest BCUT2D eigenvalue weighted by atomic mass is 10.1. The maximum absolute atomic E-state index is 6.19. The maximum atomic E-state index is 6.19. The van der Waals surface area contributed by atoms with E-state index < -0.39 is 0 Å². The van der Waals surface area contributed by atoms with E-state index in [1.807, 2.05) is 18.2 Å². The Morgan fingerprint density at radius 1 is 1.05 bits per heavy atom. The first-order valence-corrected chi connectivity index (χ1v) is 6.97. The van der Waals surface area contributed by atoms with Crippen LogP contribution in [0.4, 0.5) is 5.69 Å². The van der Waals surface area contributed by atoms with E-state index >= 15 is 0 Å². The summed E-state index contributed by atoms with van der Waals surface area (Å²) < 4.78 is 0. The molecule has 1 aliphatic carbocycles. The van der Waals surface area contributed by atoms with Crippen molar-refractivity contribution in [2.24, 2.45) is 5.73 Å². The van der Waals surface area contributed by atoms with Crippen LogP contribution in [0.2, 0.25) is 10.0 Å². The van der Waals surface area contributed by atoms with Crippen molar-refractivity contribution in [2.75, 3.05) is 5.32 Å². The normalized spacial score (nSPS) is 21.2. The number of hydrogen-bond acceptors (Lipinski definition) is 2. The van der Waals surface area contributed by atoms with E-state index in [2.05, 4.69) is 17.4 Å². The monoisotopic (exact) mass is 292 g/mol. The quantitative estimate of drug-likeness (QED) is 0.852. The van der Waals surface area contributed by atoms with Gasteiger partial charge in [-0.15, -0.1) is 0 Å². The molecule has 0 aromatic heterocycles. The van der Waals surface area contributed by atoms with Crippen LogP contribution in [-0.2, 0) is 0 Å². The smallest absolute Gasteiger partial charge is 0.0638 e. The standard InChI is InChI=1S/C15H14Cl2N2/c16-9-5-6-12(17)15(7-9)19-14-8-13(18)10-3-1-2-4-11(10)14/h1-7,13-14,19H,8,18H2. The second-order valence-corrected chi connectivity index (χ2v) is 5.64. The van der Waals surface area contributed by atoms with Crippen molar-refractivity contribution in [1.82, 2.24) is 0 Å². The van der Waals surface area contributed by atoms with Gasteiger partial charge in [0.15, 0.2) is 0 Å². The average molecular weight is 293 g/mol. The highest BCUT2D eigenvalue weighted by molar-refractivity contribution is 6.35. The molecule has 2 unspecified atom stereocenters. The van der Waals surface area contributed by atoms with Crippen LogP contribution in [0.1, 0.15) is 29.6 Å². The molecular formula is C15H14Cl2N2. The Kier molecular flexibility index (Phi) is 3.40. The second kappa shape index (κ2) is 5.04. The van der Waals surface area contributed by atoms with Gasteiger partial charge in [0.05, 0.1) is 16.8 Å². The molecule has 19 heavy (non-hydrogen) atoms. The molecule has 2 aromatic rings. The van der Waals surface area contributed by atoms with Crippen molar-refractivity contribution in [1.29, 1.82) is 0 Å². The van der Waals surface area contributed by atoms with Gasteiger partial charge >= 0.3 is 0 Å². The van der Waals surface area contributed by atoms with E-state index in [9.17, 15) is 0 Å². The van der Waals surface area contributed by atoms with Crippen molar-refractivity contribution >= 4 is 28.9 Å². The number of benzene rings is 2. The fraction of sp³-hybridized carbons (Fsp3) is 0.200. The van der Waals surface area contributed by atoms with E-state index in [1.165, 1.54) is 11.1 Å². The highest BCUT2D eigenvalue weighted by atomic mass is 35.5. The molecule has 0 saturated carbocycles. The van der Waals surface area contributed by atoms with Gasteiger partial charge in [-0.05, 0) is 35.7 Å². The summed E-state index contributed by atoms with van der Waals surface area (Å²) in [5.41, 5.74) is 9.46. The zero-order valence-corrected chi connectivity index (χ0v) is 11.7. The molecule has 4 heteroatoms. The van der Waals surface area contributed by atoms with Gasteiger partial charge in [-0.3, -0.25) is 0 Å². The minimum absolute atomic E-state index is 0.0756. The lowest BCUT2D eigenvalue weighted by molar-refractivity contribution is 0.648. The van der Waals surface area contributed by atoms with Crippen molar-refractivity contribution in [3.8, 4) is 0 Å². The minimum atomic E-state index is 0.0756. The Balaban J connectivity index is 1.91. The van der Waals surface area contributed by atoms with E-state index in [0.717, 1.165) is 12.1 Å². The van der Waals surface area contributed by atoms with Crippen molar-refractivity contribution < 1.29 is 0 Å². The molecule has 0 spiro atoms. The molecule has 0 bridgehead atoms. The van der Waals surface area contributed by atoms with Gasteiger partial charge in [-0.1, -0.05) is 47.5 Å². The van der Waals surface area contributed by atoms with Crippen LogP contribution in [0.5, 0.6) is 0 Å². The summed E-state index contributed by atoms with van der Waals surface area (Å²) in [5, 5.41) is 4.78. The summed E-state index contributed by atoms with van der Waals surface area (Å²) in [6.07, 6.45) is 0.863. The molecule has 2 nitrogen and oxygen atoms in total. The van der Waals surface area contributed by atoms with Crippen molar-refractivity contribution in [2.45, 2.75) is 18.5 Å². The fourth-order valence-electron chi connectivity index (χ4n) is 2.61. The molecule has 0 amide bonds. The summed E-state index contributed by atoms with van der Waals surface area (Å²) >= 11 is 12.2. The van der Waals surface area contributed by atoms with Gasteiger partial charge < -0.3 is 11.1 Å². The van der Waals surface area contributed by atoms with Gasteiger partial charge in [0.1, 0.15) is 0 Å². The number of nitrogens with one attached hydrogen (secondary N) is 1. The van der Waals surface area contributed by atoms with Crippen LogP contribution in [0.15, 0.2) is 42.5 Å². The fourth-order valence-corrected chi connectivity index (χ4v) is 2.95. The zero-order chi connectivity index (χ0) is 13.4. The third kappa shape index (κ3) is 2.44. The van der Waals surface area contributed by atoms with E-state index in [0.29, 0.717) is 10.0 Å². The number of nitrogens with two attached hydrogens (primary N) is 1. The van der Waals surface area contributed by atoms with Crippen LogP contribution in [0, 0.1) is 0 Å². The van der Waals surface area contributed by atoms with Crippen LogP contribution in [-0.4, -0.2) is 0 Å². The van der Waals surface area contributed by atoms with Gasteiger partial charge in [-0.2, -0.15) is 0 Å². The number of hydrogen-bond donors (Lipinski definition) is 2. The van der Waals surface area contributed by atoms with E-state index in [4.69, 9.17) is 28.9 Å². The summed E-state index contributed by atoms with van der Waals surface area (Å²) in [6, 6.07) is 13.9. The lowest BCUT2D eigenvalue weighted by Crippen LogP contribution is -2.10. The molecule has 0 fully saturated rings. The first-order valence-electron chi connectivity index (χ1n) is 6.21. The van der Waals surface area contributed by atoms with Crippen molar-refractivity contribution in [3.05, 3.63) is 63.6 Å². The molecule has 2 atom stereocenters. The predicted molar refractivity (Wildman–Crippen MR) is 80.8 cm³/mol. The molecular weight excluding hydrogens is 279 g/mol. The number of rotatable bonds is 2. The van der Waals surface area contributed by atoms with E-state index in [1.54, 1.807) is 12.1 Å². The number of halogens is 2. The third-order valence-electron chi connectivity index (χ3n) is 3.52. The minimum Gasteiger partial charge on any atom is -0.377 e. The van der Waals surface area contributed by atoms with Gasteiger partial charge in [0.2, 0.25) is 0 Å². The Hall–Kier alpha value is -1.22. The van der Waals surface area contributed by atoms with Crippen LogP contribution in [0.3, 0.4) is 0 Å². The summed E-state index contributed by atoms with van der Waals surface area (Å²) in [7, 11) is 0. The van der Waals surface area contributed by atoms with Crippen LogP contribution in [0.25, 0.3) is 0 Å². The Morgan fingerprint density at radius 2 is 1.79 bits per heavy atom. The first-order chi connectivity index (χ1) is 9.15. The highest BCUT2D eigenvalue weighted by Gasteiger charge is 2.28. The Bertz CT molecular complexity index is 613. The highest BCUT2D eigenvalue weighted by Crippen LogP contribution is 2.40. The molecule has 0 heterocycles. The molecule has 98 valence electrons. The predicted octanol–water partition coefficient (Wildman–Crippen LogP) is 4.55. The molecule has 0 saturated heterocycles. The van der Waals surface area contributed by atoms with Gasteiger partial charge in [0, 0.05) is 11.1 Å². The van der Waals surface area contributed by atoms with Crippen molar-refractivity contribution in [3.63, 3.8) is 0 Å². The topological polar surface area (TPSA) is 38.0 Å². The molecule has 0 aliphatic heterocycles. The van der Waals surface area contributed by atoms with Gasteiger partial charge in [-0.25, -0.2) is 0 Å². The largest absolute Gasteiger partial charge is 0.377 e. The average Bonchev–Trinajstić information content (AvgIpc) is 2.72. The van der Waals surface area contributed by atoms with E-state index in [-0.39, 0.29) is 12.1 Å². The number of fused-ring (bicyclic) bond motifs is 1. The maximum Gasteiger partial charge on any atom is 0.0638 e. The number of anilines is 1. The second-order valence-electron chi connectivity index (χ2n) is 4.79. The lowest BCUT2D eigenvalue weighted by Gasteiger charge is -2.17. The molecule has 1 aliphatic rings. The summed E-state index contributed by atoms with van der Waals surface area (Å²) in [5.74, 6) is 0. The molecule has 0 radical (unpaired) electrons. The first kappa shape index (κ1) is 12.8. The summed E-state index contributed by atoms with van der Waals surface area (Å²) in [6.45, 7) is 0. The molecule has 2 aromatic carbocycles. The van der Waals surface area contributed by atoms with Crippen LogP contribution >= 0.6 is 23.2 Å². The molecule has 3 rings (SSSR count). The van der Waals surface area contributed by atoms with Crippen LogP contribution < -0.4 is 11.1 Å². The third-order valence-corrected chi connectivity index (χ3v) is 4.08. The van der Waals surface area contributed by atoms with Gasteiger partial charge in [0.25, 0.3) is 0 Å². The molecule has 3 N–H and O–H groups in total. The Labute approximate surface area is 122 Å². The zero-order valence-electron chi connectivity index (χ0n) is 10.2. The summed E-state index contributed by atoms with van der Waals surface area (Å²) in [4.78, 5) is 0. The Morgan fingerprint density at radius 3 is 2.58 bits per heavy atom. The SMILES string of the molecule is NC1CC(Nc2cc(Cl)ccc2Cl)c2ccccc21.